The van der Waals surface area contributed by atoms with E-state index in [0.29, 0.717) is 5.95 Å². The minimum atomic E-state index is 0.672. The summed E-state index contributed by atoms with van der Waals surface area (Å²) in [5, 5.41) is 3.04. The number of aromatic nitrogens is 2. The van der Waals surface area contributed by atoms with Crippen LogP contribution in [0.25, 0.3) is 0 Å². The first kappa shape index (κ1) is 7.72. The Morgan fingerprint density at radius 3 is 2.82 bits per heavy atom. The Balaban J connectivity index is 2.39. The van der Waals surface area contributed by atoms with Crippen LogP contribution in [0.15, 0.2) is 30.6 Å². The summed E-state index contributed by atoms with van der Waals surface area (Å²) in [4.78, 5) is 7.99. The molecule has 0 saturated heterocycles. The molecule has 0 radical (unpaired) electrons. The van der Waals surface area contributed by atoms with Gasteiger partial charge in [0.25, 0.3) is 0 Å². The first-order chi connectivity index (χ1) is 5.43. The second-order valence-electron chi connectivity index (χ2n) is 2.02. The lowest BCUT2D eigenvalue weighted by molar-refractivity contribution is 1.12. The van der Waals surface area contributed by atoms with Crippen LogP contribution in [-0.2, 0) is 0 Å². The fourth-order valence-electron chi connectivity index (χ4n) is 0.658. The minimum Gasteiger partial charge on any atom is -0.351 e. The zero-order valence-corrected chi connectivity index (χ0v) is 6.49. The van der Waals surface area contributed by atoms with Crippen LogP contribution < -0.4 is 5.32 Å². The first-order valence-corrected chi connectivity index (χ1v) is 3.55. The topological polar surface area (TPSA) is 37.8 Å². The van der Waals surface area contributed by atoms with Crippen LogP contribution >= 0.6 is 0 Å². The molecule has 0 aliphatic heterocycles. The predicted molar refractivity (Wildman–Crippen MR) is 45.3 cm³/mol. The monoisotopic (exact) mass is 149 g/mol. The normalized spacial score (nSPS) is 10.3. The van der Waals surface area contributed by atoms with Crippen LogP contribution in [0.1, 0.15) is 6.92 Å². The average Bonchev–Trinajstić information content (AvgIpc) is 2.07. The van der Waals surface area contributed by atoms with Crippen molar-refractivity contribution in [3.8, 4) is 0 Å². The molecule has 3 heteroatoms. The van der Waals surface area contributed by atoms with E-state index in [0.717, 1.165) is 6.54 Å². The van der Waals surface area contributed by atoms with E-state index in [1.165, 1.54) is 0 Å². The van der Waals surface area contributed by atoms with Crippen LogP contribution in [0.5, 0.6) is 0 Å². The second-order valence-corrected chi connectivity index (χ2v) is 2.02. The fraction of sp³-hybridized carbons (Fsp3) is 0.250. The molecule has 3 nitrogen and oxygen atoms in total. The summed E-state index contributed by atoms with van der Waals surface area (Å²) in [5.74, 6) is 0.672. The van der Waals surface area contributed by atoms with Gasteiger partial charge >= 0.3 is 0 Å². The quantitative estimate of drug-likeness (QED) is 0.661. The van der Waals surface area contributed by atoms with Crippen molar-refractivity contribution in [1.29, 1.82) is 0 Å². The number of hydrogen-bond acceptors (Lipinski definition) is 3. The summed E-state index contributed by atoms with van der Waals surface area (Å²) in [7, 11) is 0. The Kier molecular flexibility index (Phi) is 3.12. The van der Waals surface area contributed by atoms with Gasteiger partial charge in [-0.15, -0.1) is 0 Å². The Bertz CT molecular complexity index is 218. The van der Waals surface area contributed by atoms with Gasteiger partial charge < -0.3 is 5.32 Å². The van der Waals surface area contributed by atoms with Gasteiger partial charge in [-0.1, -0.05) is 12.2 Å². The third kappa shape index (κ3) is 2.80. The number of hydrogen-bond donors (Lipinski definition) is 1. The highest BCUT2D eigenvalue weighted by atomic mass is 15.1. The molecule has 0 fully saturated rings. The standard InChI is InChI=1S/C8H11N3/c1-2-3-5-9-8-10-6-4-7-11-8/h2-4,6-7H,5H2,1H3,(H,9,10,11). The molecule has 1 rings (SSSR count). The molecule has 0 aliphatic rings. The van der Waals surface area contributed by atoms with Gasteiger partial charge in [0.05, 0.1) is 0 Å². The summed E-state index contributed by atoms with van der Waals surface area (Å²) in [6, 6.07) is 1.79. The molecule has 0 spiro atoms. The van der Waals surface area contributed by atoms with Gasteiger partial charge in [-0.3, -0.25) is 0 Å². The highest BCUT2D eigenvalue weighted by Crippen LogP contribution is 1.91. The molecule has 0 aliphatic carbocycles. The van der Waals surface area contributed by atoms with Crippen molar-refractivity contribution < 1.29 is 0 Å². The number of anilines is 1. The van der Waals surface area contributed by atoms with Gasteiger partial charge in [0.2, 0.25) is 5.95 Å². The van der Waals surface area contributed by atoms with Gasteiger partial charge in [-0.25, -0.2) is 9.97 Å². The summed E-state index contributed by atoms with van der Waals surface area (Å²) >= 11 is 0. The SMILES string of the molecule is CC=CCNc1ncccn1. The van der Waals surface area contributed by atoms with Gasteiger partial charge in [-0.05, 0) is 13.0 Å². The molecule has 1 aromatic heterocycles. The highest BCUT2D eigenvalue weighted by Gasteiger charge is 1.86. The molecule has 1 aromatic rings. The van der Waals surface area contributed by atoms with E-state index in [1.807, 2.05) is 19.1 Å². The molecule has 0 unspecified atom stereocenters. The molecular weight excluding hydrogens is 138 g/mol. The van der Waals surface area contributed by atoms with Crippen LogP contribution in [0.3, 0.4) is 0 Å². The number of nitrogens with zero attached hydrogens (tertiary/aromatic N) is 2. The summed E-state index contributed by atoms with van der Waals surface area (Å²) in [6.45, 7) is 2.76. The third-order valence-corrected chi connectivity index (χ3v) is 1.18. The van der Waals surface area contributed by atoms with Crippen LogP contribution in [0, 0.1) is 0 Å². The Morgan fingerprint density at radius 1 is 1.45 bits per heavy atom. The van der Waals surface area contributed by atoms with Crippen LogP contribution in [-0.4, -0.2) is 16.5 Å². The maximum atomic E-state index is 3.99. The summed E-state index contributed by atoms with van der Waals surface area (Å²) in [6.07, 6.45) is 7.42. The highest BCUT2D eigenvalue weighted by molar-refractivity contribution is 5.23. The Hall–Kier alpha value is -1.38. The van der Waals surface area contributed by atoms with Crippen LogP contribution in [0.4, 0.5) is 5.95 Å². The van der Waals surface area contributed by atoms with Crippen molar-refractivity contribution in [2.75, 3.05) is 11.9 Å². The maximum absolute atomic E-state index is 3.99. The average molecular weight is 149 g/mol. The molecule has 1 heterocycles. The van der Waals surface area contributed by atoms with E-state index in [4.69, 9.17) is 0 Å². The molecular formula is C8H11N3. The van der Waals surface area contributed by atoms with Crippen LogP contribution in [0.2, 0.25) is 0 Å². The van der Waals surface area contributed by atoms with E-state index in [-0.39, 0.29) is 0 Å². The van der Waals surface area contributed by atoms with E-state index < -0.39 is 0 Å². The van der Waals surface area contributed by atoms with E-state index in [1.54, 1.807) is 18.5 Å². The van der Waals surface area contributed by atoms with E-state index >= 15 is 0 Å². The van der Waals surface area contributed by atoms with Crippen molar-refractivity contribution >= 4 is 5.95 Å². The number of nitrogens with one attached hydrogen (secondary N) is 1. The lowest BCUT2D eigenvalue weighted by Crippen LogP contribution is -2.01. The fourth-order valence-corrected chi connectivity index (χ4v) is 0.658. The molecule has 58 valence electrons. The Morgan fingerprint density at radius 2 is 2.18 bits per heavy atom. The molecule has 0 amide bonds. The zero-order valence-electron chi connectivity index (χ0n) is 6.49. The van der Waals surface area contributed by atoms with Crippen molar-refractivity contribution in [1.82, 2.24) is 9.97 Å². The maximum Gasteiger partial charge on any atom is 0.222 e. The van der Waals surface area contributed by atoms with Gasteiger partial charge in [0.1, 0.15) is 0 Å². The Labute approximate surface area is 66.2 Å². The number of allylic oxidation sites excluding steroid dienone is 1. The van der Waals surface area contributed by atoms with E-state index in [2.05, 4.69) is 15.3 Å². The van der Waals surface area contributed by atoms with Crippen molar-refractivity contribution in [3.63, 3.8) is 0 Å². The molecule has 0 saturated carbocycles. The predicted octanol–water partition coefficient (Wildman–Crippen LogP) is 1.46. The summed E-state index contributed by atoms with van der Waals surface area (Å²) < 4.78 is 0. The van der Waals surface area contributed by atoms with Gasteiger partial charge in [0, 0.05) is 18.9 Å². The van der Waals surface area contributed by atoms with Crippen molar-refractivity contribution in [2.45, 2.75) is 6.92 Å². The molecule has 1 N–H and O–H groups in total. The lowest BCUT2D eigenvalue weighted by atomic mass is 10.5. The molecule has 11 heavy (non-hydrogen) atoms. The largest absolute Gasteiger partial charge is 0.351 e. The smallest absolute Gasteiger partial charge is 0.222 e. The van der Waals surface area contributed by atoms with Gasteiger partial charge in [0.15, 0.2) is 0 Å². The van der Waals surface area contributed by atoms with Gasteiger partial charge in [-0.2, -0.15) is 0 Å². The lowest BCUT2D eigenvalue weighted by Gasteiger charge is -1.97. The molecule has 0 bridgehead atoms. The van der Waals surface area contributed by atoms with Crippen molar-refractivity contribution in [2.24, 2.45) is 0 Å². The minimum absolute atomic E-state index is 0.672. The summed E-state index contributed by atoms with van der Waals surface area (Å²) in [5.41, 5.74) is 0. The molecule has 0 atom stereocenters. The third-order valence-electron chi connectivity index (χ3n) is 1.18. The first-order valence-electron chi connectivity index (χ1n) is 3.55. The molecule has 0 aromatic carbocycles. The van der Waals surface area contributed by atoms with Crippen molar-refractivity contribution in [3.05, 3.63) is 30.6 Å². The zero-order chi connectivity index (χ0) is 7.94. The second kappa shape index (κ2) is 4.44. The number of rotatable bonds is 3. The van der Waals surface area contributed by atoms with E-state index in [9.17, 15) is 0 Å².